The number of hydrogen-bond acceptors (Lipinski definition) is 1. The van der Waals surface area contributed by atoms with Crippen LogP contribution in [0.25, 0.3) is 0 Å². The van der Waals surface area contributed by atoms with Crippen LogP contribution in [0.3, 0.4) is 0 Å². The minimum Gasteiger partial charge on any atom is -0.313 e. The molecule has 0 amide bonds. The van der Waals surface area contributed by atoms with E-state index in [4.69, 9.17) is 0 Å². The van der Waals surface area contributed by atoms with Crippen LogP contribution in [0, 0.1) is 17.8 Å². The van der Waals surface area contributed by atoms with Crippen molar-refractivity contribution in [1.29, 1.82) is 0 Å². The van der Waals surface area contributed by atoms with Crippen molar-refractivity contribution < 1.29 is 0 Å². The van der Waals surface area contributed by atoms with Gasteiger partial charge >= 0.3 is 0 Å². The number of hydrogen-bond donors (Lipinski definition) is 1. The molecule has 1 saturated carbocycles. The summed E-state index contributed by atoms with van der Waals surface area (Å²) in [6, 6.07) is 0.866. The fourth-order valence-electron chi connectivity index (χ4n) is 2.93. The molecule has 1 heterocycles. The first-order valence-electron chi connectivity index (χ1n) is 5.49. The second-order valence-electron chi connectivity index (χ2n) is 5.03. The molecule has 0 aromatic heterocycles. The van der Waals surface area contributed by atoms with E-state index in [1.807, 2.05) is 0 Å². The molecule has 0 bridgehead atoms. The number of nitrogens with one attached hydrogen (secondary N) is 1. The number of fused-ring (bicyclic) bond motifs is 1. The highest BCUT2D eigenvalue weighted by molar-refractivity contribution is 4.88. The molecule has 1 nitrogen and oxygen atoms in total. The summed E-state index contributed by atoms with van der Waals surface area (Å²) in [6.07, 6.45) is 5.85. The summed E-state index contributed by atoms with van der Waals surface area (Å²) in [6.45, 7) is 6.03. The Hall–Kier alpha value is -0.0400. The third kappa shape index (κ3) is 1.66. The maximum Gasteiger partial charge on any atom is 0.00980 e. The van der Waals surface area contributed by atoms with Gasteiger partial charge in [0.2, 0.25) is 0 Å². The van der Waals surface area contributed by atoms with Crippen LogP contribution < -0.4 is 5.32 Å². The van der Waals surface area contributed by atoms with Gasteiger partial charge in [-0.05, 0) is 43.6 Å². The average Bonchev–Trinajstić information content (AvgIpc) is 2.05. The monoisotopic (exact) mass is 167 g/mol. The van der Waals surface area contributed by atoms with Crippen LogP contribution in [0.15, 0.2) is 0 Å². The molecule has 4 unspecified atom stereocenters. The van der Waals surface area contributed by atoms with Crippen LogP contribution >= 0.6 is 0 Å². The van der Waals surface area contributed by atoms with E-state index in [2.05, 4.69) is 19.2 Å². The topological polar surface area (TPSA) is 12.0 Å². The van der Waals surface area contributed by atoms with Gasteiger partial charge in [-0.2, -0.15) is 0 Å². The molecule has 0 radical (unpaired) electrons. The quantitative estimate of drug-likeness (QED) is 0.584. The number of piperidine rings is 1. The van der Waals surface area contributed by atoms with Gasteiger partial charge < -0.3 is 5.32 Å². The molecule has 2 fully saturated rings. The van der Waals surface area contributed by atoms with E-state index in [0.717, 1.165) is 23.8 Å². The standard InChI is InChI=1S/C11H21N/c1-8-3-4-10-5-9(2)7-12-11(10)6-8/h8-12H,3-7H2,1-2H3. The van der Waals surface area contributed by atoms with Crippen molar-refractivity contribution in [1.82, 2.24) is 5.32 Å². The lowest BCUT2D eigenvalue weighted by Crippen LogP contribution is -2.47. The van der Waals surface area contributed by atoms with Crippen molar-refractivity contribution in [3.05, 3.63) is 0 Å². The van der Waals surface area contributed by atoms with E-state index < -0.39 is 0 Å². The van der Waals surface area contributed by atoms with Crippen LogP contribution in [-0.4, -0.2) is 12.6 Å². The van der Waals surface area contributed by atoms with Gasteiger partial charge in [0, 0.05) is 6.04 Å². The van der Waals surface area contributed by atoms with Gasteiger partial charge in [-0.15, -0.1) is 0 Å². The van der Waals surface area contributed by atoms with Gasteiger partial charge in [-0.3, -0.25) is 0 Å². The molecule has 4 atom stereocenters. The Balaban J connectivity index is 1.94. The largest absolute Gasteiger partial charge is 0.313 e. The fraction of sp³-hybridized carbons (Fsp3) is 1.00. The van der Waals surface area contributed by atoms with Gasteiger partial charge in [0.1, 0.15) is 0 Å². The molecule has 1 aliphatic carbocycles. The van der Waals surface area contributed by atoms with Gasteiger partial charge in [0.05, 0.1) is 0 Å². The maximum absolute atomic E-state index is 3.70. The first kappa shape index (κ1) is 8.55. The summed E-state index contributed by atoms with van der Waals surface area (Å²) in [5, 5.41) is 3.70. The molecule has 1 heteroatoms. The number of rotatable bonds is 0. The first-order valence-corrected chi connectivity index (χ1v) is 5.49. The molecule has 70 valence electrons. The lowest BCUT2D eigenvalue weighted by molar-refractivity contribution is 0.146. The van der Waals surface area contributed by atoms with E-state index in [1.54, 1.807) is 0 Å². The van der Waals surface area contributed by atoms with E-state index in [0.29, 0.717) is 0 Å². The Morgan fingerprint density at radius 1 is 1.00 bits per heavy atom. The molecule has 2 aliphatic rings. The zero-order chi connectivity index (χ0) is 8.55. The third-order valence-electron chi connectivity index (χ3n) is 3.69. The predicted octanol–water partition coefficient (Wildman–Crippen LogP) is 2.42. The molecule has 0 spiro atoms. The van der Waals surface area contributed by atoms with Crippen LogP contribution in [0.1, 0.15) is 39.5 Å². The lowest BCUT2D eigenvalue weighted by atomic mass is 9.73. The van der Waals surface area contributed by atoms with Crippen molar-refractivity contribution >= 4 is 0 Å². The van der Waals surface area contributed by atoms with Crippen molar-refractivity contribution in [3.8, 4) is 0 Å². The van der Waals surface area contributed by atoms with Crippen molar-refractivity contribution in [3.63, 3.8) is 0 Å². The summed E-state index contributed by atoms with van der Waals surface area (Å²) in [5.41, 5.74) is 0. The second-order valence-corrected chi connectivity index (χ2v) is 5.03. The average molecular weight is 167 g/mol. The molecular weight excluding hydrogens is 146 g/mol. The maximum atomic E-state index is 3.70. The Kier molecular flexibility index (Phi) is 2.40. The zero-order valence-electron chi connectivity index (χ0n) is 8.34. The molecule has 1 N–H and O–H groups in total. The highest BCUT2D eigenvalue weighted by atomic mass is 14.9. The fourth-order valence-corrected chi connectivity index (χ4v) is 2.93. The minimum absolute atomic E-state index is 0.866. The van der Waals surface area contributed by atoms with Gasteiger partial charge in [0.15, 0.2) is 0 Å². The molecule has 2 rings (SSSR count). The summed E-state index contributed by atoms with van der Waals surface area (Å²) >= 11 is 0. The summed E-state index contributed by atoms with van der Waals surface area (Å²) in [5.74, 6) is 2.89. The molecule has 1 aliphatic heterocycles. The van der Waals surface area contributed by atoms with Gasteiger partial charge in [-0.1, -0.05) is 20.3 Å². The highest BCUT2D eigenvalue weighted by Gasteiger charge is 2.32. The Labute approximate surface area is 75.9 Å². The zero-order valence-corrected chi connectivity index (χ0v) is 8.34. The first-order chi connectivity index (χ1) is 5.75. The predicted molar refractivity (Wildman–Crippen MR) is 52.1 cm³/mol. The Morgan fingerprint density at radius 3 is 2.67 bits per heavy atom. The summed E-state index contributed by atoms with van der Waals surface area (Å²) < 4.78 is 0. The summed E-state index contributed by atoms with van der Waals surface area (Å²) in [4.78, 5) is 0. The van der Waals surface area contributed by atoms with Crippen molar-refractivity contribution in [2.75, 3.05) is 6.54 Å². The van der Waals surface area contributed by atoms with Crippen molar-refractivity contribution in [2.24, 2.45) is 17.8 Å². The molecule has 0 aromatic carbocycles. The molecule has 1 saturated heterocycles. The third-order valence-corrected chi connectivity index (χ3v) is 3.69. The second kappa shape index (κ2) is 3.37. The summed E-state index contributed by atoms with van der Waals surface area (Å²) in [7, 11) is 0. The lowest BCUT2D eigenvalue weighted by Gasteiger charge is -2.41. The Morgan fingerprint density at radius 2 is 1.83 bits per heavy atom. The minimum atomic E-state index is 0.866. The molecule has 0 aromatic rings. The highest BCUT2D eigenvalue weighted by Crippen LogP contribution is 2.35. The van der Waals surface area contributed by atoms with E-state index in [-0.39, 0.29) is 0 Å². The van der Waals surface area contributed by atoms with E-state index in [1.165, 1.54) is 32.2 Å². The van der Waals surface area contributed by atoms with E-state index in [9.17, 15) is 0 Å². The molecule has 12 heavy (non-hydrogen) atoms. The van der Waals surface area contributed by atoms with Crippen LogP contribution in [0.4, 0.5) is 0 Å². The van der Waals surface area contributed by atoms with Crippen LogP contribution in [0.2, 0.25) is 0 Å². The van der Waals surface area contributed by atoms with Gasteiger partial charge in [0.25, 0.3) is 0 Å². The SMILES string of the molecule is CC1CNC2CC(C)CCC2C1. The molecular formula is C11H21N. The van der Waals surface area contributed by atoms with Crippen molar-refractivity contribution in [2.45, 2.75) is 45.6 Å². The smallest absolute Gasteiger partial charge is 0.00980 e. The van der Waals surface area contributed by atoms with Crippen LogP contribution in [-0.2, 0) is 0 Å². The normalized spacial score (nSPS) is 48.5. The Bertz CT molecular complexity index is 137. The van der Waals surface area contributed by atoms with Crippen LogP contribution in [0.5, 0.6) is 0 Å². The van der Waals surface area contributed by atoms with E-state index >= 15 is 0 Å². The van der Waals surface area contributed by atoms with Gasteiger partial charge in [-0.25, -0.2) is 0 Å².